The Labute approximate surface area is 155 Å². The van der Waals surface area contributed by atoms with Crippen molar-refractivity contribution in [1.82, 2.24) is 0 Å². The van der Waals surface area contributed by atoms with Gasteiger partial charge in [-0.05, 0) is 36.4 Å². The molecule has 4 nitrogen and oxygen atoms in total. The zero-order valence-electron chi connectivity index (χ0n) is 12.0. The first kappa shape index (κ1) is 18.0. The summed E-state index contributed by atoms with van der Waals surface area (Å²) >= 11 is 7.96. The van der Waals surface area contributed by atoms with Crippen molar-refractivity contribution in [2.24, 2.45) is 0 Å². The maximum Gasteiger partial charge on any atom is 0.234 e. The van der Waals surface area contributed by atoms with E-state index in [1.54, 1.807) is 0 Å². The second-order valence-electron chi connectivity index (χ2n) is 4.61. The molecule has 0 fully saturated rings. The van der Waals surface area contributed by atoms with Crippen LogP contribution in [0.3, 0.4) is 0 Å². The molecule has 0 aliphatic carbocycles. The van der Waals surface area contributed by atoms with Crippen LogP contribution >= 0.6 is 43.6 Å². The Morgan fingerprint density at radius 2 is 1.26 bits per heavy atom. The van der Waals surface area contributed by atoms with Crippen LogP contribution < -0.4 is 10.6 Å². The van der Waals surface area contributed by atoms with E-state index in [-0.39, 0.29) is 23.3 Å². The van der Waals surface area contributed by atoms with Gasteiger partial charge in [-0.2, -0.15) is 0 Å². The Kier molecular flexibility index (Phi) is 7.14. The molecule has 0 spiro atoms. The van der Waals surface area contributed by atoms with Crippen LogP contribution in [0.25, 0.3) is 0 Å². The summed E-state index contributed by atoms with van der Waals surface area (Å²) in [6.07, 6.45) is 0. The minimum Gasteiger partial charge on any atom is -0.325 e. The van der Waals surface area contributed by atoms with Crippen LogP contribution in [0.1, 0.15) is 0 Å². The second kappa shape index (κ2) is 9.10. The molecule has 2 rings (SSSR count). The number of anilines is 2. The topological polar surface area (TPSA) is 58.2 Å². The molecule has 120 valence electrons. The van der Waals surface area contributed by atoms with Gasteiger partial charge in [0.1, 0.15) is 0 Å². The number of rotatable bonds is 6. The van der Waals surface area contributed by atoms with Gasteiger partial charge in [0.05, 0.1) is 11.5 Å². The quantitative estimate of drug-likeness (QED) is 0.670. The molecule has 2 aromatic rings. The molecule has 0 unspecified atom stereocenters. The Morgan fingerprint density at radius 1 is 0.826 bits per heavy atom. The van der Waals surface area contributed by atoms with Crippen molar-refractivity contribution in [3.05, 3.63) is 57.5 Å². The number of benzene rings is 2. The molecular weight excluding hydrogens is 444 g/mol. The molecule has 0 bridgehead atoms. The number of hydrogen-bond donors (Lipinski definition) is 2. The SMILES string of the molecule is O=C(CSCC(=O)Nc1cccc(Br)c1)Nc1cccc(Br)c1. The van der Waals surface area contributed by atoms with Gasteiger partial charge in [0.2, 0.25) is 11.8 Å². The highest BCUT2D eigenvalue weighted by molar-refractivity contribution is 9.10. The van der Waals surface area contributed by atoms with Gasteiger partial charge in [0, 0.05) is 20.3 Å². The van der Waals surface area contributed by atoms with E-state index in [2.05, 4.69) is 42.5 Å². The van der Waals surface area contributed by atoms with Crippen molar-refractivity contribution in [2.75, 3.05) is 22.1 Å². The minimum atomic E-state index is -0.136. The third kappa shape index (κ3) is 6.76. The summed E-state index contributed by atoms with van der Waals surface area (Å²) in [7, 11) is 0. The molecule has 2 aromatic carbocycles. The lowest BCUT2D eigenvalue weighted by atomic mass is 10.3. The van der Waals surface area contributed by atoms with E-state index in [1.165, 1.54) is 11.8 Å². The van der Waals surface area contributed by atoms with Gasteiger partial charge < -0.3 is 10.6 Å². The number of carbonyl (C=O) groups is 2. The fraction of sp³-hybridized carbons (Fsp3) is 0.125. The van der Waals surface area contributed by atoms with Gasteiger partial charge in [-0.3, -0.25) is 9.59 Å². The van der Waals surface area contributed by atoms with E-state index in [4.69, 9.17) is 0 Å². The number of nitrogens with one attached hydrogen (secondary N) is 2. The zero-order valence-corrected chi connectivity index (χ0v) is 16.0. The lowest BCUT2D eigenvalue weighted by Gasteiger charge is -2.07. The summed E-state index contributed by atoms with van der Waals surface area (Å²) in [4.78, 5) is 23.6. The summed E-state index contributed by atoms with van der Waals surface area (Å²) in [5.74, 6) is 0.170. The molecule has 2 amide bonds. The van der Waals surface area contributed by atoms with Crippen LogP contribution in [-0.4, -0.2) is 23.3 Å². The Hall–Kier alpha value is -1.31. The average molecular weight is 458 g/mol. The fourth-order valence-electron chi connectivity index (χ4n) is 1.76. The van der Waals surface area contributed by atoms with E-state index >= 15 is 0 Å². The molecule has 0 aliphatic heterocycles. The molecule has 0 saturated carbocycles. The van der Waals surface area contributed by atoms with Gasteiger partial charge in [0.25, 0.3) is 0 Å². The molecule has 0 atom stereocenters. The number of carbonyl (C=O) groups excluding carboxylic acids is 2. The van der Waals surface area contributed by atoms with Gasteiger partial charge in [-0.25, -0.2) is 0 Å². The normalized spacial score (nSPS) is 10.2. The molecule has 0 saturated heterocycles. The molecule has 0 radical (unpaired) electrons. The zero-order chi connectivity index (χ0) is 16.7. The lowest BCUT2D eigenvalue weighted by Crippen LogP contribution is -2.18. The second-order valence-corrected chi connectivity index (χ2v) is 7.43. The Bertz CT molecular complexity index is 650. The molecule has 0 heterocycles. The van der Waals surface area contributed by atoms with Crippen molar-refractivity contribution < 1.29 is 9.59 Å². The van der Waals surface area contributed by atoms with Gasteiger partial charge >= 0.3 is 0 Å². The highest BCUT2D eigenvalue weighted by Crippen LogP contribution is 2.17. The third-order valence-electron chi connectivity index (χ3n) is 2.68. The standard InChI is InChI=1S/C16H14Br2N2O2S/c17-11-3-1-5-13(7-11)19-15(21)9-23-10-16(22)20-14-6-2-4-12(18)8-14/h1-8H,9-10H2,(H,19,21)(H,20,22). The predicted molar refractivity (Wildman–Crippen MR) is 103 cm³/mol. The Balaban J connectivity index is 1.71. The monoisotopic (exact) mass is 456 g/mol. The van der Waals surface area contributed by atoms with Crippen LogP contribution in [-0.2, 0) is 9.59 Å². The van der Waals surface area contributed by atoms with Crippen molar-refractivity contribution in [3.63, 3.8) is 0 Å². The first-order valence-corrected chi connectivity index (χ1v) is 9.45. The van der Waals surface area contributed by atoms with Crippen LogP contribution in [0.4, 0.5) is 11.4 Å². The molecule has 7 heteroatoms. The Morgan fingerprint density at radius 3 is 1.65 bits per heavy atom. The maximum absolute atomic E-state index is 11.8. The van der Waals surface area contributed by atoms with Crippen molar-refractivity contribution in [3.8, 4) is 0 Å². The summed E-state index contributed by atoms with van der Waals surface area (Å²) < 4.78 is 1.80. The number of amides is 2. The highest BCUT2D eigenvalue weighted by atomic mass is 79.9. The van der Waals surface area contributed by atoms with Crippen LogP contribution in [0.15, 0.2) is 57.5 Å². The lowest BCUT2D eigenvalue weighted by molar-refractivity contribution is -0.114. The first-order valence-electron chi connectivity index (χ1n) is 6.71. The van der Waals surface area contributed by atoms with Crippen LogP contribution in [0.2, 0.25) is 0 Å². The number of halogens is 2. The highest BCUT2D eigenvalue weighted by Gasteiger charge is 2.07. The first-order chi connectivity index (χ1) is 11.0. The van der Waals surface area contributed by atoms with Gasteiger partial charge in [-0.1, -0.05) is 44.0 Å². The largest absolute Gasteiger partial charge is 0.325 e. The fourth-order valence-corrected chi connectivity index (χ4v) is 3.18. The molecule has 2 N–H and O–H groups in total. The third-order valence-corrected chi connectivity index (χ3v) is 4.60. The van der Waals surface area contributed by atoms with Crippen molar-refractivity contribution >= 4 is 66.8 Å². The number of hydrogen-bond acceptors (Lipinski definition) is 3. The summed E-state index contributed by atoms with van der Waals surface area (Å²) in [6.45, 7) is 0. The van der Waals surface area contributed by atoms with Crippen LogP contribution in [0.5, 0.6) is 0 Å². The summed E-state index contributed by atoms with van der Waals surface area (Å²) in [6, 6.07) is 14.7. The van der Waals surface area contributed by atoms with Gasteiger partial charge in [0.15, 0.2) is 0 Å². The smallest absolute Gasteiger partial charge is 0.234 e. The van der Waals surface area contributed by atoms with E-state index in [9.17, 15) is 9.59 Å². The van der Waals surface area contributed by atoms with E-state index in [1.807, 2.05) is 48.5 Å². The molecule has 23 heavy (non-hydrogen) atoms. The van der Waals surface area contributed by atoms with Gasteiger partial charge in [-0.15, -0.1) is 11.8 Å². The van der Waals surface area contributed by atoms with E-state index in [0.717, 1.165) is 20.3 Å². The number of thioether (sulfide) groups is 1. The van der Waals surface area contributed by atoms with Crippen molar-refractivity contribution in [1.29, 1.82) is 0 Å². The maximum atomic E-state index is 11.8. The average Bonchev–Trinajstić information content (AvgIpc) is 2.47. The minimum absolute atomic E-state index is 0.136. The predicted octanol–water partition coefficient (Wildman–Crippen LogP) is 4.52. The van der Waals surface area contributed by atoms with E-state index < -0.39 is 0 Å². The molecular formula is C16H14Br2N2O2S. The van der Waals surface area contributed by atoms with Crippen LogP contribution in [0, 0.1) is 0 Å². The summed E-state index contributed by atoms with van der Waals surface area (Å²) in [5, 5.41) is 5.57. The molecule has 0 aromatic heterocycles. The summed E-state index contributed by atoms with van der Waals surface area (Å²) in [5.41, 5.74) is 1.45. The molecule has 0 aliphatic rings. The van der Waals surface area contributed by atoms with E-state index in [0.29, 0.717) is 0 Å². The van der Waals surface area contributed by atoms with Crippen molar-refractivity contribution in [2.45, 2.75) is 0 Å².